The Morgan fingerprint density at radius 3 is 2.23 bits per heavy atom. The van der Waals surface area contributed by atoms with Crippen molar-refractivity contribution in [1.29, 1.82) is 0 Å². The lowest BCUT2D eigenvalue weighted by Crippen LogP contribution is -2.26. The van der Waals surface area contributed by atoms with Gasteiger partial charge in [-0.2, -0.15) is 0 Å². The van der Waals surface area contributed by atoms with E-state index in [0.29, 0.717) is 19.4 Å². The summed E-state index contributed by atoms with van der Waals surface area (Å²) in [5.41, 5.74) is 1.94. The van der Waals surface area contributed by atoms with Crippen molar-refractivity contribution in [2.24, 2.45) is 0 Å². The van der Waals surface area contributed by atoms with Crippen LogP contribution in [-0.4, -0.2) is 27.2 Å². The number of carbonyl (C=O) groups excluding carboxylic acids is 1. The Labute approximate surface area is 155 Å². The number of hydrogen-bond acceptors (Lipinski definition) is 4. The molecule has 0 spiro atoms. The van der Waals surface area contributed by atoms with Crippen molar-refractivity contribution in [3.63, 3.8) is 0 Å². The van der Waals surface area contributed by atoms with E-state index in [-0.39, 0.29) is 16.8 Å². The SMILES string of the molecule is CCOc1ccc(CCC(=O)N[C@@H](C)c2ccc(S(C)(=O)=O)cc2)cc1. The predicted octanol–water partition coefficient (Wildman–Crippen LogP) is 3.30. The van der Waals surface area contributed by atoms with Crippen LogP contribution in [0.4, 0.5) is 0 Å². The maximum atomic E-state index is 12.2. The first kappa shape index (κ1) is 20.0. The van der Waals surface area contributed by atoms with Gasteiger partial charge in [0, 0.05) is 12.7 Å². The summed E-state index contributed by atoms with van der Waals surface area (Å²) in [5, 5.41) is 2.94. The molecule has 0 aliphatic carbocycles. The third kappa shape index (κ3) is 5.88. The topological polar surface area (TPSA) is 72.5 Å². The fraction of sp³-hybridized carbons (Fsp3) is 0.350. The molecule has 0 saturated carbocycles. The van der Waals surface area contributed by atoms with Gasteiger partial charge in [0.15, 0.2) is 9.84 Å². The fourth-order valence-electron chi connectivity index (χ4n) is 2.58. The van der Waals surface area contributed by atoms with Crippen molar-refractivity contribution in [1.82, 2.24) is 5.32 Å². The first-order chi connectivity index (χ1) is 12.3. The molecule has 1 N–H and O–H groups in total. The number of amides is 1. The Hall–Kier alpha value is -2.34. The Morgan fingerprint density at radius 1 is 1.08 bits per heavy atom. The average molecular weight is 375 g/mol. The summed E-state index contributed by atoms with van der Waals surface area (Å²) in [5.74, 6) is 0.783. The Bertz CT molecular complexity index is 827. The highest BCUT2D eigenvalue weighted by Crippen LogP contribution is 2.17. The number of ether oxygens (including phenoxy) is 1. The van der Waals surface area contributed by atoms with Crippen LogP contribution in [0.1, 0.15) is 37.4 Å². The van der Waals surface area contributed by atoms with E-state index < -0.39 is 9.84 Å². The molecule has 0 aliphatic rings. The number of sulfone groups is 1. The van der Waals surface area contributed by atoms with Gasteiger partial charge in [0.25, 0.3) is 0 Å². The van der Waals surface area contributed by atoms with Gasteiger partial charge in [0.2, 0.25) is 5.91 Å². The van der Waals surface area contributed by atoms with Crippen molar-refractivity contribution < 1.29 is 17.9 Å². The van der Waals surface area contributed by atoms with Crippen LogP contribution in [-0.2, 0) is 21.1 Å². The molecule has 0 bridgehead atoms. The molecule has 0 aromatic heterocycles. The zero-order valence-electron chi connectivity index (χ0n) is 15.4. The van der Waals surface area contributed by atoms with E-state index in [2.05, 4.69) is 5.32 Å². The number of rotatable bonds is 8. The van der Waals surface area contributed by atoms with Crippen LogP contribution >= 0.6 is 0 Å². The van der Waals surface area contributed by atoms with Crippen molar-refractivity contribution in [3.8, 4) is 5.75 Å². The lowest BCUT2D eigenvalue weighted by molar-refractivity contribution is -0.121. The molecule has 0 unspecified atom stereocenters. The summed E-state index contributed by atoms with van der Waals surface area (Å²) >= 11 is 0. The van der Waals surface area contributed by atoms with Gasteiger partial charge in [0.1, 0.15) is 5.75 Å². The van der Waals surface area contributed by atoms with Crippen LogP contribution < -0.4 is 10.1 Å². The van der Waals surface area contributed by atoms with Crippen LogP contribution in [0, 0.1) is 0 Å². The van der Waals surface area contributed by atoms with Crippen LogP contribution in [0.15, 0.2) is 53.4 Å². The molecule has 0 fully saturated rings. The minimum Gasteiger partial charge on any atom is -0.494 e. The van der Waals surface area contributed by atoms with Crippen molar-refractivity contribution in [2.75, 3.05) is 12.9 Å². The van der Waals surface area contributed by atoms with Gasteiger partial charge in [-0.1, -0.05) is 24.3 Å². The Kier molecular flexibility index (Phi) is 6.80. The lowest BCUT2D eigenvalue weighted by Gasteiger charge is -2.15. The van der Waals surface area contributed by atoms with E-state index in [1.165, 1.54) is 6.26 Å². The third-order valence-electron chi connectivity index (χ3n) is 4.06. The number of hydrogen-bond donors (Lipinski definition) is 1. The van der Waals surface area contributed by atoms with Gasteiger partial charge < -0.3 is 10.1 Å². The Morgan fingerprint density at radius 2 is 1.69 bits per heavy atom. The number of aryl methyl sites for hydroxylation is 1. The van der Waals surface area contributed by atoms with Gasteiger partial charge >= 0.3 is 0 Å². The molecular formula is C20H25NO4S. The van der Waals surface area contributed by atoms with Crippen molar-refractivity contribution in [3.05, 3.63) is 59.7 Å². The van der Waals surface area contributed by atoms with E-state index in [9.17, 15) is 13.2 Å². The second-order valence-electron chi connectivity index (χ2n) is 6.21. The fourth-order valence-corrected chi connectivity index (χ4v) is 3.21. The molecule has 2 rings (SSSR count). The molecule has 26 heavy (non-hydrogen) atoms. The molecule has 2 aromatic rings. The first-order valence-electron chi connectivity index (χ1n) is 8.60. The summed E-state index contributed by atoms with van der Waals surface area (Å²) in [4.78, 5) is 12.4. The molecule has 5 nitrogen and oxygen atoms in total. The minimum atomic E-state index is -3.21. The quantitative estimate of drug-likeness (QED) is 0.768. The van der Waals surface area contributed by atoms with Gasteiger partial charge in [-0.25, -0.2) is 8.42 Å². The summed E-state index contributed by atoms with van der Waals surface area (Å²) in [6, 6.07) is 14.1. The molecule has 0 heterocycles. The van der Waals surface area contributed by atoms with E-state index in [0.717, 1.165) is 16.9 Å². The minimum absolute atomic E-state index is 0.0430. The molecule has 0 saturated heterocycles. The zero-order valence-corrected chi connectivity index (χ0v) is 16.2. The highest BCUT2D eigenvalue weighted by Gasteiger charge is 2.12. The maximum absolute atomic E-state index is 12.2. The van der Waals surface area contributed by atoms with Crippen LogP contribution in [0.25, 0.3) is 0 Å². The van der Waals surface area contributed by atoms with Gasteiger partial charge in [-0.15, -0.1) is 0 Å². The lowest BCUT2D eigenvalue weighted by atomic mass is 10.1. The predicted molar refractivity (Wildman–Crippen MR) is 102 cm³/mol. The van der Waals surface area contributed by atoms with Crippen LogP contribution in [0.5, 0.6) is 5.75 Å². The zero-order chi connectivity index (χ0) is 19.2. The van der Waals surface area contributed by atoms with Gasteiger partial charge in [0.05, 0.1) is 17.5 Å². The highest BCUT2D eigenvalue weighted by molar-refractivity contribution is 7.90. The van der Waals surface area contributed by atoms with Crippen molar-refractivity contribution in [2.45, 2.75) is 37.6 Å². The van der Waals surface area contributed by atoms with E-state index >= 15 is 0 Å². The van der Waals surface area contributed by atoms with E-state index in [4.69, 9.17) is 4.74 Å². The molecule has 2 aromatic carbocycles. The van der Waals surface area contributed by atoms with Gasteiger partial charge in [-0.05, 0) is 55.7 Å². The molecule has 0 aliphatic heterocycles. The average Bonchev–Trinajstić information content (AvgIpc) is 2.61. The standard InChI is InChI=1S/C20H25NO4S/c1-4-25-18-10-5-16(6-11-18)7-14-20(22)21-15(2)17-8-12-19(13-9-17)26(3,23)24/h5-6,8-13,15H,4,7,14H2,1-3H3,(H,21,22)/t15-/m0/s1. The molecule has 1 amide bonds. The van der Waals surface area contributed by atoms with E-state index in [1.54, 1.807) is 24.3 Å². The largest absolute Gasteiger partial charge is 0.494 e. The summed E-state index contributed by atoms with van der Waals surface area (Å²) in [6.07, 6.45) is 2.21. The molecule has 0 radical (unpaired) electrons. The van der Waals surface area contributed by atoms with E-state index in [1.807, 2.05) is 38.1 Å². The van der Waals surface area contributed by atoms with Crippen LogP contribution in [0.2, 0.25) is 0 Å². The second kappa shape index (κ2) is 8.85. The molecular weight excluding hydrogens is 350 g/mol. The maximum Gasteiger partial charge on any atom is 0.220 e. The smallest absolute Gasteiger partial charge is 0.220 e. The second-order valence-corrected chi connectivity index (χ2v) is 8.22. The summed E-state index contributed by atoms with van der Waals surface area (Å²) in [6.45, 7) is 4.45. The first-order valence-corrected chi connectivity index (χ1v) is 10.5. The highest BCUT2D eigenvalue weighted by atomic mass is 32.2. The monoisotopic (exact) mass is 375 g/mol. The number of nitrogens with one attached hydrogen (secondary N) is 1. The number of carbonyl (C=O) groups is 1. The van der Waals surface area contributed by atoms with Crippen LogP contribution in [0.3, 0.4) is 0 Å². The number of benzene rings is 2. The Balaban J connectivity index is 1.86. The molecule has 140 valence electrons. The summed E-state index contributed by atoms with van der Waals surface area (Å²) in [7, 11) is -3.21. The molecule has 1 atom stereocenters. The third-order valence-corrected chi connectivity index (χ3v) is 5.19. The normalized spacial score (nSPS) is 12.4. The van der Waals surface area contributed by atoms with Crippen molar-refractivity contribution >= 4 is 15.7 Å². The van der Waals surface area contributed by atoms with Gasteiger partial charge in [-0.3, -0.25) is 4.79 Å². The summed E-state index contributed by atoms with van der Waals surface area (Å²) < 4.78 is 28.4. The molecule has 6 heteroatoms.